The predicted octanol–water partition coefficient (Wildman–Crippen LogP) is 4.40. The van der Waals surface area contributed by atoms with Crippen LogP contribution in [-0.2, 0) is 21.6 Å². The molecular formula is C23H23NO3S. The van der Waals surface area contributed by atoms with Crippen LogP contribution in [0.4, 0.5) is 0 Å². The number of carbonyl (C=O) groups is 1. The Kier molecular flexibility index (Phi) is 4.83. The Morgan fingerprint density at radius 1 is 1.14 bits per heavy atom. The van der Waals surface area contributed by atoms with E-state index in [0.717, 1.165) is 33.6 Å². The van der Waals surface area contributed by atoms with Gasteiger partial charge in [0.25, 0.3) is 0 Å². The molecule has 0 saturated carbocycles. The second-order valence-electron chi connectivity index (χ2n) is 7.12. The maximum atomic E-state index is 11.5. The zero-order chi connectivity index (χ0) is 19.9. The average Bonchev–Trinajstić information content (AvgIpc) is 3.33. The molecule has 28 heavy (non-hydrogen) atoms. The molecule has 4 nitrogen and oxygen atoms in total. The molecule has 0 radical (unpaired) electrons. The summed E-state index contributed by atoms with van der Waals surface area (Å²) in [7, 11) is 0. The van der Waals surface area contributed by atoms with Crippen molar-refractivity contribution in [2.75, 3.05) is 0 Å². The van der Waals surface area contributed by atoms with E-state index < -0.39 is 23.7 Å². The van der Waals surface area contributed by atoms with Crippen LogP contribution in [0.25, 0.3) is 11.1 Å². The largest absolute Gasteiger partial charge is 0.480 e. The van der Waals surface area contributed by atoms with Gasteiger partial charge in [-0.1, -0.05) is 55.5 Å². The Balaban J connectivity index is 1.99. The molecule has 144 valence electrons. The number of carboxylic acids is 1. The quantitative estimate of drug-likeness (QED) is 0.651. The zero-order valence-corrected chi connectivity index (χ0v) is 16.7. The van der Waals surface area contributed by atoms with Gasteiger partial charge in [-0.2, -0.15) is 0 Å². The molecule has 0 amide bonds. The number of carboxylic acid groups (broad SMARTS) is 1. The fourth-order valence-corrected chi connectivity index (χ4v) is 4.88. The van der Waals surface area contributed by atoms with Gasteiger partial charge >= 0.3 is 5.97 Å². The van der Waals surface area contributed by atoms with Gasteiger partial charge in [0.2, 0.25) is 0 Å². The van der Waals surface area contributed by atoms with Crippen molar-refractivity contribution in [2.45, 2.75) is 38.0 Å². The second kappa shape index (κ2) is 7.17. The molecule has 4 rings (SSSR count). The molecule has 1 aliphatic rings. The second-order valence-corrected chi connectivity index (χ2v) is 8.07. The Labute approximate surface area is 168 Å². The van der Waals surface area contributed by atoms with Crippen molar-refractivity contribution in [1.29, 1.82) is 0 Å². The van der Waals surface area contributed by atoms with E-state index in [2.05, 4.69) is 37.3 Å². The Morgan fingerprint density at radius 3 is 2.57 bits per heavy atom. The highest BCUT2D eigenvalue weighted by Crippen LogP contribution is 2.55. The molecule has 0 spiro atoms. The third-order valence-corrected chi connectivity index (χ3v) is 6.46. The molecular weight excluding hydrogens is 370 g/mol. The minimum atomic E-state index is -1.11. The van der Waals surface area contributed by atoms with Gasteiger partial charge in [-0.15, -0.1) is 11.3 Å². The summed E-state index contributed by atoms with van der Waals surface area (Å²) in [5.41, 5.74) is 10.6. The number of fused-ring (bicyclic) bond motifs is 3. The SMILES string of the molecule is CCc1ccc2c(c1)C(O[C@H](C)[C@H](N)C(=O)O)(c1cccs1)c1ccccc1-2. The summed E-state index contributed by atoms with van der Waals surface area (Å²) < 4.78 is 6.62. The zero-order valence-electron chi connectivity index (χ0n) is 15.9. The first kappa shape index (κ1) is 18.9. The fraction of sp³-hybridized carbons (Fsp3) is 0.261. The highest BCUT2D eigenvalue weighted by molar-refractivity contribution is 7.10. The average molecular weight is 394 g/mol. The Morgan fingerprint density at radius 2 is 1.89 bits per heavy atom. The number of hydrogen-bond acceptors (Lipinski definition) is 4. The van der Waals surface area contributed by atoms with E-state index >= 15 is 0 Å². The van der Waals surface area contributed by atoms with Crippen LogP contribution in [0.3, 0.4) is 0 Å². The molecule has 5 heteroatoms. The summed E-state index contributed by atoms with van der Waals surface area (Å²) in [6.45, 7) is 3.86. The van der Waals surface area contributed by atoms with Crippen LogP contribution in [0.1, 0.15) is 35.4 Å². The van der Waals surface area contributed by atoms with Gasteiger partial charge in [0.1, 0.15) is 6.04 Å². The lowest BCUT2D eigenvalue weighted by molar-refractivity contribution is -0.144. The van der Waals surface area contributed by atoms with Gasteiger partial charge in [-0.25, -0.2) is 0 Å². The van der Waals surface area contributed by atoms with Gasteiger partial charge in [0.15, 0.2) is 5.60 Å². The lowest BCUT2D eigenvalue weighted by Crippen LogP contribution is -2.46. The van der Waals surface area contributed by atoms with Gasteiger partial charge in [0.05, 0.1) is 6.10 Å². The standard InChI is InChI=1S/C23H23NO3S/c1-3-15-10-11-17-16-7-4-5-8-18(16)23(19(17)13-15,20-9-6-12-28-20)27-14(2)21(24)22(25)26/h4-14,21H,3,24H2,1-2H3,(H,25,26)/t14-,21+,23?/m1/s1. The van der Waals surface area contributed by atoms with Crippen LogP contribution >= 0.6 is 11.3 Å². The molecule has 1 heterocycles. The number of thiophene rings is 1. The summed E-state index contributed by atoms with van der Waals surface area (Å²) in [6.07, 6.45) is 0.234. The van der Waals surface area contributed by atoms with Crippen molar-refractivity contribution < 1.29 is 14.6 Å². The number of aliphatic carboxylic acids is 1. The van der Waals surface area contributed by atoms with Crippen LogP contribution in [0.2, 0.25) is 0 Å². The number of aryl methyl sites for hydroxylation is 1. The highest BCUT2D eigenvalue weighted by Gasteiger charge is 2.48. The van der Waals surface area contributed by atoms with E-state index in [1.165, 1.54) is 5.56 Å². The predicted molar refractivity (Wildman–Crippen MR) is 112 cm³/mol. The van der Waals surface area contributed by atoms with E-state index in [-0.39, 0.29) is 0 Å². The summed E-state index contributed by atoms with van der Waals surface area (Å²) in [6, 6.07) is 17.6. The Hall–Kier alpha value is -2.47. The van der Waals surface area contributed by atoms with E-state index in [1.807, 2.05) is 29.6 Å². The number of benzene rings is 2. The number of ether oxygens (including phenoxy) is 1. The van der Waals surface area contributed by atoms with Crippen molar-refractivity contribution in [2.24, 2.45) is 5.73 Å². The topological polar surface area (TPSA) is 72.5 Å². The summed E-state index contributed by atoms with van der Waals surface area (Å²) in [4.78, 5) is 12.5. The van der Waals surface area contributed by atoms with E-state index in [9.17, 15) is 9.90 Å². The fourth-order valence-electron chi connectivity index (χ4n) is 3.99. The molecule has 2 aromatic carbocycles. The molecule has 1 aliphatic carbocycles. The van der Waals surface area contributed by atoms with Crippen LogP contribution in [0, 0.1) is 0 Å². The van der Waals surface area contributed by atoms with Crippen LogP contribution in [0.5, 0.6) is 0 Å². The molecule has 3 aromatic rings. The lowest BCUT2D eigenvalue weighted by atomic mass is 9.88. The third-order valence-electron chi connectivity index (χ3n) is 5.49. The first-order valence-corrected chi connectivity index (χ1v) is 10.3. The van der Waals surface area contributed by atoms with Gasteiger partial charge in [0, 0.05) is 16.0 Å². The van der Waals surface area contributed by atoms with E-state index in [1.54, 1.807) is 18.3 Å². The molecule has 0 saturated heterocycles. The smallest absolute Gasteiger partial charge is 0.323 e. The van der Waals surface area contributed by atoms with Crippen LogP contribution in [-0.4, -0.2) is 23.2 Å². The molecule has 0 bridgehead atoms. The normalized spacial score (nSPS) is 19.7. The highest BCUT2D eigenvalue weighted by atomic mass is 32.1. The molecule has 1 aromatic heterocycles. The molecule has 3 N–H and O–H groups in total. The van der Waals surface area contributed by atoms with E-state index in [4.69, 9.17) is 10.5 Å². The van der Waals surface area contributed by atoms with Crippen LogP contribution < -0.4 is 5.73 Å². The first-order valence-electron chi connectivity index (χ1n) is 9.42. The van der Waals surface area contributed by atoms with Gasteiger partial charge < -0.3 is 15.6 Å². The molecule has 0 aliphatic heterocycles. The number of nitrogens with two attached hydrogens (primary N) is 1. The van der Waals surface area contributed by atoms with Crippen molar-refractivity contribution >= 4 is 17.3 Å². The van der Waals surface area contributed by atoms with Crippen LogP contribution in [0.15, 0.2) is 60.0 Å². The van der Waals surface area contributed by atoms with Crippen molar-refractivity contribution in [3.05, 3.63) is 81.5 Å². The molecule has 0 fully saturated rings. The van der Waals surface area contributed by atoms with E-state index in [0.29, 0.717) is 0 Å². The van der Waals surface area contributed by atoms with Crippen molar-refractivity contribution in [1.82, 2.24) is 0 Å². The number of rotatable bonds is 6. The first-order chi connectivity index (χ1) is 13.5. The molecule has 3 atom stereocenters. The number of hydrogen-bond donors (Lipinski definition) is 2. The molecule has 1 unspecified atom stereocenters. The minimum absolute atomic E-state index is 0.677. The summed E-state index contributed by atoms with van der Waals surface area (Å²) in [5, 5.41) is 11.4. The van der Waals surface area contributed by atoms with Crippen molar-refractivity contribution in [3.63, 3.8) is 0 Å². The van der Waals surface area contributed by atoms with Gasteiger partial charge in [-0.3, -0.25) is 4.79 Å². The maximum absolute atomic E-state index is 11.5. The minimum Gasteiger partial charge on any atom is -0.480 e. The summed E-state index contributed by atoms with van der Waals surface area (Å²) >= 11 is 1.61. The third kappa shape index (κ3) is 2.78. The monoisotopic (exact) mass is 393 g/mol. The Bertz CT molecular complexity index is 1010. The maximum Gasteiger partial charge on any atom is 0.323 e. The van der Waals surface area contributed by atoms with Crippen molar-refractivity contribution in [3.8, 4) is 11.1 Å². The lowest BCUT2D eigenvalue weighted by Gasteiger charge is -2.35. The summed E-state index contributed by atoms with van der Waals surface area (Å²) in [5.74, 6) is -1.07. The van der Waals surface area contributed by atoms with Gasteiger partial charge in [-0.05, 0) is 41.5 Å².